The van der Waals surface area contributed by atoms with Crippen LogP contribution in [0.25, 0.3) is 5.69 Å². The van der Waals surface area contributed by atoms with E-state index in [4.69, 9.17) is 5.11 Å². The predicted molar refractivity (Wildman–Crippen MR) is 79.1 cm³/mol. The summed E-state index contributed by atoms with van der Waals surface area (Å²) in [5, 5.41) is 20.8. The maximum Gasteiger partial charge on any atom is 0.309 e. The molecule has 1 heterocycles. The molecule has 0 atom stereocenters. The molecule has 2 aromatic rings. The normalized spacial score (nSPS) is 11.5. The van der Waals surface area contributed by atoms with E-state index in [1.807, 2.05) is 30.3 Å². The average molecular weight is 288 g/mol. The van der Waals surface area contributed by atoms with Gasteiger partial charge in [0, 0.05) is 6.54 Å². The van der Waals surface area contributed by atoms with Crippen molar-refractivity contribution in [2.75, 3.05) is 6.54 Å². The van der Waals surface area contributed by atoms with Gasteiger partial charge in [-0.1, -0.05) is 18.2 Å². The molecule has 1 aromatic heterocycles. The molecule has 0 radical (unpaired) electrons. The summed E-state index contributed by atoms with van der Waals surface area (Å²) in [4.78, 5) is 12.6. The van der Waals surface area contributed by atoms with E-state index in [1.165, 1.54) is 0 Å². The molecule has 0 aliphatic rings. The van der Waals surface area contributed by atoms with Gasteiger partial charge in [-0.15, -0.1) is 0 Å². The van der Waals surface area contributed by atoms with Gasteiger partial charge in [-0.3, -0.25) is 4.79 Å². The van der Waals surface area contributed by atoms with Gasteiger partial charge >= 0.3 is 5.97 Å². The minimum atomic E-state index is -0.778. The Balaban J connectivity index is 1.83. The number of nitrogens with zero attached hydrogens (tertiary/aromatic N) is 3. The predicted octanol–water partition coefficient (Wildman–Crippen LogP) is 1.86. The minimum Gasteiger partial charge on any atom is -0.481 e. The van der Waals surface area contributed by atoms with Crippen LogP contribution in [-0.2, 0) is 11.3 Å². The van der Waals surface area contributed by atoms with Crippen molar-refractivity contribution in [1.82, 2.24) is 20.3 Å². The zero-order valence-corrected chi connectivity index (χ0v) is 12.3. The average Bonchev–Trinajstić information content (AvgIpc) is 2.93. The van der Waals surface area contributed by atoms with E-state index in [2.05, 4.69) is 15.5 Å². The zero-order valence-electron chi connectivity index (χ0n) is 12.3. The summed E-state index contributed by atoms with van der Waals surface area (Å²) >= 11 is 0. The van der Waals surface area contributed by atoms with Crippen molar-refractivity contribution in [3.63, 3.8) is 0 Å². The number of hydrogen-bond donors (Lipinski definition) is 2. The number of carboxylic acid groups (broad SMARTS) is 1. The number of carbonyl (C=O) groups is 1. The molecule has 0 aliphatic heterocycles. The number of nitrogens with one attached hydrogen (secondary N) is 1. The second kappa shape index (κ2) is 6.49. The highest BCUT2D eigenvalue weighted by atomic mass is 16.4. The molecule has 0 fully saturated rings. The molecule has 0 spiro atoms. The van der Waals surface area contributed by atoms with Gasteiger partial charge in [0.1, 0.15) is 0 Å². The van der Waals surface area contributed by atoms with Crippen LogP contribution in [0.2, 0.25) is 0 Å². The van der Waals surface area contributed by atoms with Gasteiger partial charge in [-0.05, 0) is 38.9 Å². The van der Waals surface area contributed by atoms with Crippen LogP contribution in [0.15, 0.2) is 36.5 Å². The van der Waals surface area contributed by atoms with Crippen molar-refractivity contribution < 1.29 is 9.90 Å². The molecule has 2 rings (SSSR count). The van der Waals surface area contributed by atoms with Crippen molar-refractivity contribution in [3.8, 4) is 5.69 Å². The van der Waals surface area contributed by atoms with Crippen LogP contribution < -0.4 is 5.32 Å². The summed E-state index contributed by atoms with van der Waals surface area (Å²) in [6.45, 7) is 4.64. The van der Waals surface area contributed by atoms with E-state index in [9.17, 15) is 4.79 Å². The fourth-order valence-electron chi connectivity index (χ4n) is 1.79. The maximum atomic E-state index is 11.0. The molecule has 6 nitrogen and oxygen atoms in total. The lowest BCUT2D eigenvalue weighted by Gasteiger charge is -2.18. The van der Waals surface area contributed by atoms with Crippen molar-refractivity contribution in [2.24, 2.45) is 5.41 Å². The van der Waals surface area contributed by atoms with E-state index in [0.717, 1.165) is 11.4 Å². The molecule has 0 unspecified atom stereocenters. The third-order valence-corrected chi connectivity index (χ3v) is 3.34. The first-order valence-corrected chi connectivity index (χ1v) is 6.90. The Morgan fingerprint density at radius 2 is 2.05 bits per heavy atom. The number of para-hydroxylation sites is 1. The topological polar surface area (TPSA) is 80.0 Å². The molecular weight excluding hydrogens is 268 g/mol. The quantitative estimate of drug-likeness (QED) is 0.760. The Bertz CT molecular complexity index is 593. The number of hydrogen-bond acceptors (Lipinski definition) is 4. The van der Waals surface area contributed by atoms with E-state index in [-0.39, 0.29) is 0 Å². The van der Waals surface area contributed by atoms with Crippen LogP contribution in [0.3, 0.4) is 0 Å². The van der Waals surface area contributed by atoms with Crippen LogP contribution >= 0.6 is 0 Å². The van der Waals surface area contributed by atoms with Gasteiger partial charge in [0.05, 0.1) is 23.0 Å². The van der Waals surface area contributed by atoms with Crippen LogP contribution in [-0.4, -0.2) is 32.6 Å². The molecule has 0 bridgehead atoms. The summed E-state index contributed by atoms with van der Waals surface area (Å²) in [5.74, 6) is -0.778. The number of aliphatic carboxylic acids is 1. The van der Waals surface area contributed by atoms with Crippen LogP contribution in [0.4, 0.5) is 0 Å². The molecule has 0 saturated heterocycles. The van der Waals surface area contributed by atoms with E-state index in [0.29, 0.717) is 19.5 Å². The Morgan fingerprint density at radius 3 is 2.71 bits per heavy atom. The molecule has 1 aromatic carbocycles. The summed E-state index contributed by atoms with van der Waals surface area (Å²) < 4.78 is 0. The largest absolute Gasteiger partial charge is 0.481 e. The van der Waals surface area contributed by atoms with Crippen LogP contribution in [0, 0.1) is 5.41 Å². The molecule has 21 heavy (non-hydrogen) atoms. The van der Waals surface area contributed by atoms with Gasteiger partial charge in [-0.25, -0.2) is 0 Å². The second-order valence-electron chi connectivity index (χ2n) is 5.58. The number of carboxylic acids is 1. The smallest absolute Gasteiger partial charge is 0.309 e. The third kappa shape index (κ3) is 4.13. The molecule has 0 amide bonds. The Morgan fingerprint density at radius 1 is 1.33 bits per heavy atom. The van der Waals surface area contributed by atoms with E-state index in [1.54, 1.807) is 24.8 Å². The van der Waals surface area contributed by atoms with E-state index < -0.39 is 11.4 Å². The van der Waals surface area contributed by atoms with E-state index >= 15 is 0 Å². The first-order chi connectivity index (χ1) is 9.99. The molecule has 6 heteroatoms. The highest BCUT2D eigenvalue weighted by Gasteiger charge is 2.26. The molecule has 2 N–H and O–H groups in total. The van der Waals surface area contributed by atoms with Gasteiger partial charge in [0.15, 0.2) is 0 Å². The van der Waals surface area contributed by atoms with Crippen molar-refractivity contribution in [1.29, 1.82) is 0 Å². The van der Waals surface area contributed by atoms with Crippen LogP contribution in [0.1, 0.15) is 26.0 Å². The van der Waals surface area contributed by atoms with Crippen molar-refractivity contribution in [3.05, 3.63) is 42.2 Å². The number of rotatable bonds is 7. The van der Waals surface area contributed by atoms with Gasteiger partial charge in [0.2, 0.25) is 0 Å². The second-order valence-corrected chi connectivity index (χ2v) is 5.58. The lowest BCUT2D eigenvalue weighted by molar-refractivity contribution is -0.147. The zero-order chi connectivity index (χ0) is 15.3. The third-order valence-electron chi connectivity index (χ3n) is 3.34. The summed E-state index contributed by atoms with van der Waals surface area (Å²) in [6.07, 6.45) is 2.28. The first kappa shape index (κ1) is 15.2. The Kier molecular flexibility index (Phi) is 4.70. The molecular formula is C15H20N4O2. The van der Waals surface area contributed by atoms with Crippen LogP contribution in [0.5, 0.6) is 0 Å². The standard InChI is InChI=1S/C15H20N4O2/c1-15(2,14(20)21)8-9-16-10-12-11-17-19(18-12)13-6-4-3-5-7-13/h3-7,11,16H,8-10H2,1-2H3,(H,20,21). The van der Waals surface area contributed by atoms with Gasteiger partial charge in [0.25, 0.3) is 0 Å². The highest BCUT2D eigenvalue weighted by Crippen LogP contribution is 2.19. The fourth-order valence-corrected chi connectivity index (χ4v) is 1.79. The summed E-state index contributed by atoms with van der Waals surface area (Å²) in [6, 6.07) is 9.69. The lowest BCUT2D eigenvalue weighted by atomic mass is 9.90. The number of benzene rings is 1. The summed E-state index contributed by atoms with van der Waals surface area (Å²) in [7, 11) is 0. The Hall–Kier alpha value is -2.21. The molecule has 112 valence electrons. The van der Waals surface area contributed by atoms with Gasteiger partial charge < -0.3 is 10.4 Å². The maximum absolute atomic E-state index is 11.0. The molecule has 0 saturated carbocycles. The molecule has 0 aliphatic carbocycles. The Labute approximate surface area is 123 Å². The van der Waals surface area contributed by atoms with Gasteiger partial charge in [-0.2, -0.15) is 15.0 Å². The first-order valence-electron chi connectivity index (χ1n) is 6.90. The lowest BCUT2D eigenvalue weighted by Crippen LogP contribution is -2.28. The fraction of sp³-hybridized carbons (Fsp3) is 0.400. The SMILES string of the molecule is CC(C)(CCNCc1cnn(-c2ccccc2)n1)C(=O)O. The highest BCUT2D eigenvalue weighted by molar-refractivity contribution is 5.73. The minimum absolute atomic E-state index is 0.565. The number of aromatic nitrogens is 3. The van der Waals surface area contributed by atoms with Crippen molar-refractivity contribution in [2.45, 2.75) is 26.8 Å². The monoisotopic (exact) mass is 288 g/mol. The summed E-state index contributed by atoms with van der Waals surface area (Å²) in [5.41, 5.74) is 1.03. The van der Waals surface area contributed by atoms with Crippen molar-refractivity contribution >= 4 is 5.97 Å².